The van der Waals surface area contributed by atoms with Crippen LogP contribution in [0.5, 0.6) is 5.75 Å². The van der Waals surface area contributed by atoms with Gasteiger partial charge >= 0.3 is 0 Å². The lowest BCUT2D eigenvalue weighted by Crippen LogP contribution is -2.12. The number of nitrogens with one attached hydrogen (secondary N) is 1. The molecule has 0 saturated heterocycles. The molecule has 0 atom stereocenters. The fourth-order valence-electron chi connectivity index (χ4n) is 2.23. The first-order valence-electron chi connectivity index (χ1n) is 6.82. The third-order valence-electron chi connectivity index (χ3n) is 3.34. The fraction of sp³-hybridized carbons (Fsp3) is 0.0588. The van der Waals surface area contributed by atoms with Crippen LogP contribution in [0.1, 0.15) is 11.3 Å². The predicted octanol–water partition coefficient (Wildman–Crippen LogP) is 3.64. The van der Waals surface area contributed by atoms with Crippen LogP contribution in [0.15, 0.2) is 47.3 Å². The molecule has 3 rings (SSSR count). The Morgan fingerprint density at radius 2 is 2.09 bits per heavy atom. The lowest BCUT2D eigenvalue weighted by Gasteiger charge is -2.07. The number of hydrogen-bond acceptors (Lipinski definition) is 4. The van der Waals surface area contributed by atoms with E-state index in [2.05, 4.69) is 9.97 Å². The Bertz CT molecular complexity index is 963. The third-order valence-corrected chi connectivity index (χ3v) is 3.57. The van der Waals surface area contributed by atoms with Gasteiger partial charge in [-0.1, -0.05) is 23.7 Å². The van der Waals surface area contributed by atoms with Crippen molar-refractivity contribution in [3.8, 4) is 5.75 Å². The number of ether oxygens (including phenoxy) is 1. The van der Waals surface area contributed by atoms with Crippen molar-refractivity contribution >= 4 is 34.5 Å². The van der Waals surface area contributed by atoms with Gasteiger partial charge in [0.2, 0.25) is 0 Å². The summed E-state index contributed by atoms with van der Waals surface area (Å²) < 4.78 is 5.20. The summed E-state index contributed by atoms with van der Waals surface area (Å²) >= 11 is 5.89. The molecule has 23 heavy (non-hydrogen) atoms. The molecular weight excluding hydrogens is 316 g/mol. The summed E-state index contributed by atoms with van der Waals surface area (Å²) in [7, 11) is 1.51. The first-order valence-corrected chi connectivity index (χ1v) is 7.20. The van der Waals surface area contributed by atoms with Crippen LogP contribution >= 0.6 is 11.6 Å². The number of aromatic nitrogens is 2. The van der Waals surface area contributed by atoms with Gasteiger partial charge in [0.15, 0.2) is 0 Å². The SMILES string of the molecule is COc1ccccc1/C(O)=C/c1nc2ccc(Cl)cc2[nH]c1=O. The Hall–Kier alpha value is -2.79. The molecule has 0 aliphatic heterocycles. The van der Waals surface area contributed by atoms with E-state index >= 15 is 0 Å². The molecule has 0 radical (unpaired) electrons. The first kappa shape index (κ1) is 15.1. The molecule has 2 N–H and O–H groups in total. The van der Waals surface area contributed by atoms with Crippen LogP contribution in [0.25, 0.3) is 22.9 Å². The maximum Gasteiger partial charge on any atom is 0.274 e. The van der Waals surface area contributed by atoms with E-state index in [0.717, 1.165) is 0 Å². The summed E-state index contributed by atoms with van der Waals surface area (Å²) in [6, 6.07) is 12.0. The molecule has 6 heteroatoms. The Morgan fingerprint density at radius 3 is 2.87 bits per heavy atom. The number of rotatable bonds is 3. The number of fused-ring (bicyclic) bond motifs is 1. The average Bonchev–Trinajstić information content (AvgIpc) is 2.55. The van der Waals surface area contributed by atoms with Crippen molar-refractivity contribution in [2.24, 2.45) is 0 Å². The Morgan fingerprint density at radius 1 is 1.30 bits per heavy atom. The van der Waals surface area contributed by atoms with Gasteiger partial charge in [0.05, 0.1) is 23.7 Å². The number of hydrogen-bond donors (Lipinski definition) is 2. The van der Waals surface area contributed by atoms with Gasteiger partial charge < -0.3 is 14.8 Å². The van der Waals surface area contributed by atoms with Gasteiger partial charge in [-0.2, -0.15) is 0 Å². The molecule has 0 amide bonds. The first-order chi connectivity index (χ1) is 11.1. The van der Waals surface area contributed by atoms with E-state index in [1.807, 2.05) is 0 Å². The van der Waals surface area contributed by atoms with Gasteiger partial charge in [-0.25, -0.2) is 4.98 Å². The number of benzene rings is 2. The van der Waals surface area contributed by atoms with Crippen LogP contribution < -0.4 is 10.3 Å². The van der Waals surface area contributed by atoms with Crippen LogP contribution in [0.2, 0.25) is 5.02 Å². The summed E-state index contributed by atoms with van der Waals surface area (Å²) in [4.78, 5) is 19.1. The van der Waals surface area contributed by atoms with E-state index in [4.69, 9.17) is 16.3 Å². The van der Waals surface area contributed by atoms with Crippen LogP contribution in [0.3, 0.4) is 0 Å². The molecular formula is C17H13ClN2O3. The minimum atomic E-state index is -0.416. The molecule has 0 aliphatic rings. The van der Waals surface area contributed by atoms with Crippen molar-refractivity contribution < 1.29 is 9.84 Å². The molecule has 0 spiro atoms. The minimum Gasteiger partial charge on any atom is -0.507 e. The van der Waals surface area contributed by atoms with Gasteiger partial charge in [0.1, 0.15) is 17.2 Å². The molecule has 0 aliphatic carbocycles. The van der Waals surface area contributed by atoms with Crippen molar-refractivity contribution in [2.75, 3.05) is 7.11 Å². The van der Waals surface area contributed by atoms with Gasteiger partial charge in [0.25, 0.3) is 5.56 Å². The largest absolute Gasteiger partial charge is 0.507 e. The Labute approximate surface area is 136 Å². The smallest absolute Gasteiger partial charge is 0.274 e. The number of aromatic amines is 1. The summed E-state index contributed by atoms with van der Waals surface area (Å²) in [5.41, 5.74) is 1.28. The molecule has 1 heterocycles. The number of H-pyrrole nitrogens is 1. The second-order valence-corrected chi connectivity index (χ2v) is 5.28. The monoisotopic (exact) mass is 328 g/mol. The highest BCUT2D eigenvalue weighted by Gasteiger charge is 2.09. The number of halogens is 1. The molecule has 2 aromatic carbocycles. The fourth-order valence-corrected chi connectivity index (χ4v) is 2.41. The third kappa shape index (κ3) is 3.05. The van der Waals surface area contributed by atoms with Gasteiger partial charge in [0, 0.05) is 11.1 Å². The van der Waals surface area contributed by atoms with Crippen molar-refractivity contribution in [2.45, 2.75) is 0 Å². The van der Waals surface area contributed by atoms with Crippen LogP contribution in [0.4, 0.5) is 0 Å². The molecule has 0 bridgehead atoms. The zero-order chi connectivity index (χ0) is 16.4. The van der Waals surface area contributed by atoms with Crippen molar-refractivity contribution in [1.82, 2.24) is 9.97 Å². The highest BCUT2D eigenvalue weighted by molar-refractivity contribution is 6.31. The highest BCUT2D eigenvalue weighted by Crippen LogP contribution is 2.25. The molecule has 1 aromatic heterocycles. The lowest BCUT2D eigenvalue weighted by atomic mass is 10.1. The lowest BCUT2D eigenvalue weighted by molar-refractivity contribution is 0.409. The maximum atomic E-state index is 12.1. The van der Waals surface area contributed by atoms with Crippen molar-refractivity contribution in [1.29, 1.82) is 0 Å². The highest BCUT2D eigenvalue weighted by atomic mass is 35.5. The topological polar surface area (TPSA) is 75.2 Å². The van der Waals surface area contributed by atoms with Crippen LogP contribution in [0, 0.1) is 0 Å². The average molecular weight is 329 g/mol. The maximum absolute atomic E-state index is 12.1. The van der Waals surface area contributed by atoms with Crippen molar-refractivity contribution in [3.05, 3.63) is 69.1 Å². The van der Waals surface area contributed by atoms with E-state index in [-0.39, 0.29) is 11.5 Å². The molecule has 0 fully saturated rings. The number of para-hydroxylation sites is 1. The van der Waals surface area contributed by atoms with Crippen LogP contribution in [-0.2, 0) is 0 Å². The Kier molecular flexibility index (Phi) is 4.04. The summed E-state index contributed by atoms with van der Waals surface area (Å²) in [6.07, 6.45) is 1.31. The predicted molar refractivity (Wildman–Crippen MR) is 90.9 cm³/mol. The molecule has 3 aromatic rings. The quantitative estimate of drug-likeness (QED) is 0.720. The van der Waals surface area contributed by atoms with E-state index in [9.17, 15) is 9.90 Å². The number of methoxy groups -OCH3 is 1. The molecule has 5 nitrogen and oxygen atoms in total. The van der Waals surface area contributed by atoms with Gasteiger partial charge in [-0.3, -0.25) is 4.79 Å². The van der Waals surface area contributed by atoms with Crippen LogP contribution in [-0.4, -0.2) is 22.2 Å². The van der Waals surface area contributed by atoms with Gasteiger partial charge in [-0.15, -0.1) is 0 Å². The van der Waals surface area contributed by atoms with Gasteiger partial charge in [-0.05, 0) is 30.3 Å². The molecule has 0 saturated carbocycles. The summed E-state index contributed by atoms with van der Waals surface area (Å²) in [6.45, 7) is 0. The van der Waals surface area contributed by atoms with E-state index in [1.165, 1.54) is 13.2 Å². The zero-order valence-corrected chi connectivity index (χ0v) is 13.0. The van der Waals surface area contributed by atoms with E-state index in [1.54, 1.807) is 42.5 Å². The normalized spacial score (nSPS) is 11.7. The zero-order valence-electron chi connectivity index (χ0n) is 12.2. The minimum absolute atomic E-state index is 0.100. The van der Waals surface area contributed by atoms with Crippen molar-refractivity contribution in [3.63, 3.8) is 0 Å². The summed E-state index contributed by atoms with van der Waals surface area (Å²) in [5, 5.41) is 10.8. The number of nitrogens with zero attached hydrogens (tertiary/aromatic N) is 1. The van der Waals surface area contributed by atoms with E-state index in [0.29, 0.717) is 27.4 Å². The number of aliphatic hydroxyl groups is 1. The molecule has 116 valence electrons. The van der Waals surface area contributed by atoms with E-state index < -0.39 is 5.56 Å². The summed E-state index contributed by atoms with van der Waals surface area (Å²) in [5.74, 6) is 0.402. The second-order valence-electron chi connectivity index (χ2n) is 4.84. The number of aliphatic hydroxyl groups excluding tert-OH is 1. The standard InChI is InChI=1S/C17H13ClN2O3/c1-23-16-5-3-2-4-11(16)15(21)9-14-17(22)20-13-8-10(18)6-7-12(13)19-14/h2-9,21H,1H3,(H,20,22)/b15-9-. The second kappa shape index (κ2) is 6.14. The Balaban J connectivity index is 2.11. The molecule has 0 unspecified atom stereocenters.